The van der Waals surface area contributed by atoms with Gasteiger partial charge < -0.3 is 20.4 Å². The van der Waals surface area contributed by atoms with E-state index in [2.05, 4.69) is 32.0 Å². The number of likely N-dealkylation sites (N-methyl/N-ethyl adjacent to an activating group) is 1. The van der Waals surface area contributed by atoms with E-state index < -0.39 is 36.1 Å². The van der Waals surface area contributed by atoms with Crippen molar-refractivity contribution < 1.29 is 27.2 Å². The van der Waals surface area contributed by atoms with E-state index in [-0.39, 0.29) is 68.2 Å². The Bertz CT molecular complexity index is 1320. The number of carbonyl (C=O) groups excluding carboxylic acids is 2. The van der Waals surface area contributed by atoms with Crippen molar-refractivity contribution >= 4 is 23.4 Å². The highest BCUT2D eigenvalue weighted by Crippen LogP contribution is 2.41. The highest BCUT2D eigenvalue weighted by Gasteiger charge is 2.40. The number of carbonyl (C=O) groups is 2. The predicted molar refractivity (Wildman–Crippen MR) is 159 cm³/mol. The summed E-state index contributed by atoms with van der Waals surface area (Å²) in [6.45, 7) is 12.1. The summed E-state index contributed by atoms with van der Waals surface area (Å²) in [6.07, 6.45) is -0.878. The zero-order chi connectivity index (χ0) is 32.2. The van der Waals surface area contributed by atoms with E-state index in [0.29, 0.717) is 30.3 Å². The van der Waals surface area contributed by atoms with Crippen LogP contribution in [0.2, 0.25) is 0 Å². The highest BCUT2D eigenvalue weighted by molar-refractivity contribution is 5.92. The third-order valence-electron chi connectivity index (χ3n) is 8.70. The highest BCUT2D eigenvalue weighted by atomic mass is 19.3. The van der Waals surface area contributed by atoms with Crippen LogP contribution in [0.15, 0.2) is 18.3 Å². The number of imidazole rings is 1. The first-order valence-electron chi connectivity index (χ1n) is 15.5. The van der Waals surface area contributed by atoms with Crippen molar-refractivity contribution in [2.45, 2.75) is 77.7 Å². The lowest BCUT2D eigenvalue weighted by molar-refractivity contribution is -0.129. The molecule has 0 radical (unpaired) electrons. The van der Waals surface area contributed by atoms with Crippen molar-refractivity contribution in [1.29, 1.82) is 0 Å². The summed E-state index contributed by atoms with van der Waals surface area (Å²) in [5.74, 6) is -4.51. The summed E-state index contributed by atoms with van der Waals surface area (Å²) in [4.78, 5) is 39.1. The summed E-state index contributed by atoms with van der Waals surface area (Å²) in [5, 5.41) is 10.3. The molecule has 3 atom stereocenters. The van der Waals surface area contributed by atoms with Gasteiger partial charge in [0, 0.05) is 69.4 Å². The van der Waals surface area contributed by atoms with Crippen LogP contribution in [0.3, 0.4) is 0 Å². The molecular formula is C30H44F4N8O2. The molecule has 5 rings (SSSR count). The standard InChI is InChI=1S/C28H38F4N8O2.C2H6/c1-16(2)25(41)35-22(17-4-6-28(31,32)7-5-17)21-15-40-27(34-21)36-24(39-10-8-38(3)9-11-39)20(37-40)13-18-12-19(23(29)30)14-33-26(18)42;1-2/h15,17-19,22-23H,1,4-14H2,2-3H3,(H,33,42)(H,35,41);1-2H3. The molecule has 3 fully saturated rings. The van der Waals surface area contributed by atoms with Crippen LogP contribution in [-0.4, -0.2) is 88.4 Å². The molecule has 2 saturated heterocycles. The average Bonchev–Trinajstić information content (AvgIpc) is 3.40. The lowest BCUT2D eigenvalue weighted by Gasteiger charge is -2.34. The van der Waals surface area contributed by atoms with Crippen LogP contribution < -0.4 is 15.5 Å². The molecule has 14 heteroatoms. The molecule has 2 N–H and O–H groups in total. The minimum atomic E-state index is -2.73. The monoisotopic (exact) mass is 624 g/mol. The molecule has 44 heavy (non-hydrogen) atoms. The van der Waals surface area contributed by atoms with E-state index in [1.54, 1.807) is 13.1 Å². The summed E-state index contributed by atoms with van der Waals surface area (Å²) >= 11 is 0. The first-order chi connectivity index (χ1) is 20.9. The third-order valence-corrected chi connectivity index (χ3v) is 8.70. The van der Waals surface area contributed by atoms with E-state index in [1.807, 2.05) is 20.9 Å². The van der Waals surface area contributed by atoms with Gasteiger partial charge in [-0.3, -0.25) is 9.59 Å². The number of aromatic nitrogens is 4. The number of fused-ring (bicyclic) bond motifs is 1. The van der Waals surface area contributed by atoms with Gasteiger partial charge in [-0.1, -0.05) is 20.4 Å². The normalized spacial score (nSPS) is 23.6. The molecule has 244 valence electrons. The van der Waals surface area contributed by atoms with Crippen molar-refractivity contribution in [2.75, 3.05) is 44.7 Å². The molecule has 10 nitrogen and oxygen atoms in total. The minimum absolute atomic E-state index is 0.0435. The van der Waals surface area contributed by atoms with E-state index in [4.69, 9.17) is 10.1 Å². The quantitative estimate of drug-likeness (QED) is 0.338. The predicted octanol–water partition coefficient (Wildman–Crippen LogP) is 4.02. The lowest BCUT2D eigenvalue weighted by Crippen LogP contribution is -2.46. The van der Waals surface area contributed by atoms with Gasteiger partial charge in [-0.2, -0.15) is 10.1 Å². The van der Waals surface area contributed by atoms with Crippen LogP contribution in [0.4, 0.5) is 23.4 Å². The largest absolute Gasteiger partial charge is 0.355 e. The van der Waals surface area contributed by atoms with E-state index in [9.17, 15) is 27.2 Å². The average molecular weight is 625 g/mol. The van der Waals surface area contributed by atoms with Crippen LogP contribution in [0, 0.1) is 17.8 Å². The summed E-state index contributed by atoms with van der Waals surface area (Å²) < 4.78 is 56.4. The van der Waals surface area contributed by atoms with Crippen LogP contribution in [0.1, 0.15) is 70.3 Å². The molecule has 0 aromatic carbocycles. The van der Waals surface area contributed by atoms with Gasteiger partial charge in [-0.15, -0.1) is 0 Å². The summed E-state index contributed by atoms with van der Waals surface area (Å²) in [5.41, 5.74) is 1.22. The van der Waals surface area contributed by atoms with Crippen molar-refractivity contribution in [3.8, 4) is 0 Å². The Kier molecular flexibility index (Phi) is 10.9. The SMILES string of the molecule is C=C(C)C(=O)NC(c1cn2nc(CC3CC(C(F)F)CNC3=O)c(N3CCN(C)CC3)nc2n1)C1CCC(F)(F)CC1.CC. The summed E-state index contributed by atoms with van der Waals surface area (Å²) in [6, 6.07) is -0.653. The number of amides is 2. The Labute approximate surface area is 255 Å². The van der Waals surface area contributed by atoms with Crippen molar-refractivity contribution in [3.05, 3.63) is 29.7 Å². The maximum atomic E-state index is 14.0. The Morgan fingerprint density at radius 3 is 2.41 bits per heavy atom. The topological polar surface area (TPSA) is 108 Å². The number of rotatable bonds is 8. The molecule has 2 aromatic heterocycles. The van der Waals surface area contributed by atoms with Crippen LogP contribution in [-0.2, 0) is 16.0 Å². The maximum absolute atomic E-state index is 14.0. The van der Waals surface area contributed by atoms with Gasteiger partial charge in [0.05, 0.1) is 17.9 Å². The van der Waals surface area contributed by atoms with Gasteiger partial charge in [0.1, 0.15) is 5.69 Å². The number of halogens is 4. The number of hydrogen-bond donors (Lipinski definition) is 2. The molecule has 1 saturated carbocycles. The fourth-order valence-electron chi connectivity index (χ4n) is 6.04. The van der Waals surface area contributed by atoms with Gasteiger partial charge in [0.2, 0.25) is 24.2 Å². The van der Waals surface area contributed by atoms with Gasteiger partial charge in [-0.05, 0) is 39.2 Å². The van der Waals surface area contributed by atoms with Gasteiger partial charge in [-0.25, -0.2) is 27.1 Å². The molecule has 2 aromatic rings. The first-order valence-corrected chi connectivity index (χ1v) is 15.5. The van der Waals surface area contributed by atoms with E-state index >= 15 is 0 Å². The molecule has 3 unspecified atom stereocenters. The summed E-state index contributed by atoms with van der Waals surface area (Å²) in [7, 11) is 2.02. The van der Waals surface area contributed by atoms with Gasteiger partial charge >= 0.3 is 0 Å². The number of piperazine rings is 1. The minimum Gasteiger partial charge on any atom is -0.355 e. The smallest absolute Gasteiger partial charge is 0.252 e. The fourth-order valence-corrected chi connectivity index (χ4v) is 6.04. The maximum Gasteiger partial charge on any atom is 0.252 e. The number of anilines is 1. The first kappa shape index (κ1) is 33.6. The molecule has 2 aliphatic heterocycles. The lowest BCUT2D eigenvalue weighted by atomic mass is 9.81. The van der Waals surface area contributed by atoms with Crippen LogP contribution >= 0.6 is 0 Å². The second kappa shape index (κ2) is 14.2. The fraction of sp³-hybridized carbons (Fsp3) is 0.700. The Hall–Kier alpha value is -3.29. The second-order valence-corrected chi connectivity index (χ2v) is 12.0. The zero-order valence-electron chi connectivity index (χ0n) is 26.0. The number of hydrogen-bond acceptors (Lipinski definition) is 7. The number of piperidine rings is 1. The third kappa shape index (κ3) is 7.86. The molecule has 0 bridgehead atoms. The Morgan fingerprint density at radius 2 is 1.80 bits per heavy atom. The van der Waals surface area contributed by atoms with Crippen LogP contribution in [0.5, 0.6) is 0 Å². The molecular weight excluding hydrogens is 580 g/mol. The van der Waals surface area contributed by atoms with Crippen molar-refractivity contribution in [2.24, 2.45) is 17.8 Å². The number of nitrogens with zero attached hydrogens (tertiary/aromatic N) is 6. The van der Waals surface area contributed by atoms with E-state index in [0.717, 1.165) is 13.1 Å². The van der Waals surface area contributed by atoms with Crippen LogP contribution in [0.25, 0.3) is 5.78 Å². The second-order valence-electron chi connectivity index (χ2n) is 12.0. The number of nitrogens with one attached hydrogen (secondary N) is 2. The Balaban J connectivity index is 0.00000216. The van der Waals surface area contributed by atoms with E-state index in [1.165, 1.54) is 4.52 Å². The molecule has 1 aliphatic carbocycles. The Morgan fingerprint density at radius 1 is 1.14 bits per heavy atom. The van der Waals surface area contributed by atoms with Crippen molar-refractivity contribution in [1.82, 2.24) is 35.1 Å². The molecule has 2 amide bonds. The zero-order valence-corrected chi connectivity index (χ0v) is 26.0. The number of alkyl halides is 4. The molecule has 4 heterocycles. The van der Waals surface area contributed by atoms with Gasteiger partial charge in [0.15, 0.2) is 5.82 Å². The van der Waals surface area contributed by atoms with Gasteiger partial charge in [0.25, 0.3) is 5.78 Å². The molecule has 0 spiro atoms. The molecule has 3 aliphatic rings. The van der Waals surface area contributed by atoms with Crippen molar-refractivity contribution in [3.63, 3.8) is 0 Å².